The molecule has 0 radical (unpaired) electrons. The number of imidazole rings is 1. The number of fused-ring (bicyclic) bond motifs is 1. The van der Waals surface area contributed by atoms with Gasteiger partial charge in [0.15, 0.2) is 9.84 Å². The molecule has 0 saturated carbocycles. The molecule has 0 atom stereocenters. The maximum Gasteiger partial charge on any atom is 0.234 e. The van der Waals surface area contributed by atoms with E-state index in [4.69, 9.17) is 9.47 Å². The summed E-state index contributed by atoms with van der Waals surface area (Å²) in [7, 11) is -2.82. The summed E-state index contributed by atoms with van der Waals surface area (Å²) in [6, 6.07) is 5.10. The predicted octanol–water partition coefficient (Wildman–Crippen LogP) is 4.08. The highest BCUT2D eigenvalue weighted by atomic mass is 32.2. The molecule has 2 heterocycles. The van der Waals surface area contributed by atoms with Gasteiger partial charge in [-0.15, -0.1) is 0 Å². The second-order valence-electron chi connectivity index (χ2n) is 9.30. The number of anilines is 1. The van der Waals surface area contributed by atoms with Crippen LogP contribution >= 0.6 is 0 Å². The first-order valence-corrected chi connectivity index (χ1v) is 14.2. The van der Waals surface area contributed by atoms with Crippen LogP contribution in [-0.2, 0) is 19.9 Å². The highest BCUT2D eigenvalue weighted by molar-refractivity contribution is 7.93. The van der Waals surface area contributed by atoms with Crippen molar-refractivity contribution < 1.29 is 26.3 Å². The maximum absolute atomic E-state index is 13.3. The van der Waals surface area contributed by atoms with Crippen molar-refractivity contribution in [2.24, 2.45) is 0 Å². The number of ether oxygens (including phenoxy) is 2. The van der Waals surface area contributed by atoms with E-state index >= 15 is 0 Å². The van der Waals surface area contributed by atoms with Crippen LogP contribution in [0.5, 0.6) is 11.5 Å². The van der Waals surface area contributed by atoms with E-state index in [1.165, 1.54) is 31.8 Å². The largest absolute Gasteiger partial charge is 0.496 e. The molecule has 0 aliphatic carbocycles. The van der Waals surface area contributed by atoms with Crippen LogP contribution in [0.3, 0.4) is 0 Å². The normalized spacial score (nSPS) is 12.7. The van der Waals surface area contributed by atoms with Gasteiger partial charge in [0.05, 0.1) is 42.3 Å². The fourth-order valence-corrected chi connectivity index (χ4v) is 6.39. The van der Waals surface area contributed by atoms with Crippen LogP contribution in [0, 0.1) is 6.92 Å². The van der Waals surface area contributed by atoms with Gasteiger partial charge in [0.2, 0.25) is 10.0 Å². The lowest BCUT2D eigenvalue weighted by Crippen LogP contribution is -2.29. The van der Waals surface area contributed by atoms with Gasteiger partial charge < -0.3 is 9.47 Å². The Morgan fingerprint density at radius 3 is 2.20 bits per heavy atom. The van der Waals surface area contributed by atoms with Crippen LogP contribution in [0.2, 0.25) is 0 Å². The van der Waals surface area contributed by atoms with E-state index in [0.717, 1.165) is 0 Å². The summed E-state index contributed by atoms with van der Waals surface area (Å²) < 4.78 is 65.0. The molecule has 11 heteroatoms. The summed E-state index contributed by atoms with van der Waals surface area (Å²) in [6.07, 6.45) is 3.60. The Labute approximate surface area is 207 Å². The van der Waals surface area contributed by atoms with E-state index < -0.39 is 24.6 Å². The van der Waals surface area contributed by atoms with Gasteiger partial charge in [0, 0.05) is 30.4 Å². The lowest BCUT2D eigenvalue weighted by Gasteiger charge is -2.23. The summed E-state index contributed by atoms with van der Waals surface area (Å²) in [5.74, 6) is 0.720. The first kappa shape index (κ1) is 26.8. The van der Waals surface area contributed by atoms with Crippen molar-refractivity contribution in [3.8, 4) is 22.8 Å². The van der Waals surface area contributed by atoms with Crippen molar-refractivity contribution in [2.45, 2.75) is 50.7 Å². The Morgan fingerprint density at radius 2 is 1.66 bits per heavy atom. The smallest absolute Gasteiger partial charge is 0.234 e. The van der Waals surface area contributed by atoms with Crippen molar-refractivity contribution in [2.75, 3.05) is 31.3 Å². The Hall–Kier alpha value is -2.79. The Balaban J connectivity index is 2.31. The first-order valence-electron chi connectivity index (χ1n) is 11.1. The number of hydrogen-bond acceptors (Lipinski definition) is 7. The van der Waals surface area contributed by atoms with Crippen LogP contribution in [-0.4, -0.2) is 58.0 Å². The van der Waals surface area contributed by atoms with E-state index in [0.29, 0.717) is 40.3 Å². The number of methoxy groups -OCH3 is 2. The van der Waals surface area contributed by atoms with Gasteiger partial charge in [-0.25, -0.2) is 21.8 Å². The molecule has 0 N–H and O–H groups in total. The van der Waals surface area contributed by atoms with Crippen molar-refractivity contribution >= 4 is 31.2 Å². The second kappa shape index (κ2) is 9.34. The van der Waals surface area contributed by atoms with Crippen molar-refractivity contribution in [1.29, 1.82) is 0 Å². The molecule has 0 saturated heterocycles. The molecule has 0 aliphatic rings. The number of aromatic nitrogens is 2. The van der Waals surface area contributed by atoms with Crippen LogP contribution in [0.1, 0.15) is 39.7 Å². The molecule has 9 nitrogen and oxygen atoms in total. The molecule has 0 unspecified atom stereocenters. The third-order valence-electron chi connectivity index (χ3n) is 5.96. The van der Waals surface area contributed by atoms with E-state index in [-0.39, 0.29) is 16.4 Å². The summed E-state index contributed by atoms with van der Waals surface area (Å²) in [6.45, 7) is 8.49. The summed E-state index contributed by atoms with van der Waals surface area (Å²) in [5, 5.41) is 0. The number of rotatable bonds is 8. The predicted molar refractivity (Wildman–Crippen MR) is 138 cm³/mol. The number of sulfonamides is 1. The monoisotopic (exact) mass is 523 g/mol. The maximum atomic E-state index is 13.3. The minimum Gasteiger partial charge on any atom is -0.496 e. The Bertz CT molecular complexity index is 1470. The van der Waals surface area contributed by atoms with Crippen molar-refractivity contribution in [1.82, 2.24) is 9.38 Å². The average molecular weight is 524 g/mol. The highest BCUT2D eigenvalue weighted by Crippen LogP contribution is 2.38. The van der Waals surface area contributed by atoms with Gasteiger partial charge in [-0.2, -0.15) is 0 Å². The van der Waals surface area contributed by atoms with Crippen molar-refractivity contribution in [3.63, 3.8) is 0 Å². The fraction of sp³-hybridized carbons (Fsp3) is 0.458. The molecule has 2 aromatic heterocycles. The average Bonchev–Trinajstić information content (AvgIpc) is 3.20. The van der Waals surface area contributed by atoms with E-state index in [1.807, 2.05) is 6.92 Å². The quantitative estimate of drug-likeness (QED) is 0.438. The molecule has 3 aromatic rings. The SMILES string of the molecule is CCCS(=O)(=O)N(C)c1cc(-c2cnc3cc(OC)c(S(=O)(=O)C(C)(C)C)cn23)cc(OC)c1C. The third-order valence-corrected chi connectivity index (χ3v) is 10.4. The van der Waals surface area contributed by atoms with Crippen LogP contribution in [0.4, 0.5) is 5.69 Å². The molecule has 0 amide bonds. The number of sulfone groups is 1. The van der Waals surface area contributed by atoms with Gasteiger partial charge in [-0.05, 0) is 46.2 Å². The molecule has 0 aliphatic heterocycles. The van der Waals surface area contributed by atoms with E-state index in [9.17, 15) is 16.8 Å². The van der Waals surface area contributed by atoms with Crippen molar-refractivity contribution in [3.05, 3.63) is 36.2 Å². The number of pyridine rings is 1. The Morgan fingerprint density at radius 1 is 1.03 bits per heavy atom. The lowest BCUT2D eigenvalue weighted by molar-refractivity contribution is 0.401. The van der Waals surface area contributed by atoms with E-state index in [2.05, 4.69) is 4.98 Å². The molecule has 3 rings (SSSR count). The molecule has 0 spiro atoms. The minimum absolute atomic E-state index is 0.0128. The summed E-state index contributed by atoms with van der Waals surface area (Å²) >= 11 is 0. The first-order chi connectivity index (χ1) is 16.2. The van der Waals surface area contributed by atoms with Gasteiger partial charge in [-0.1, -0.05) is 6.92 Å². The van der Waals surface area contributed by atoms with Crippen LogP contribution in [0.25, 0.3) is 16.9 Å². The molecule has 0 fully saturated rings. The fourth-order valence-electron chi connectivity index (χ4n) is 3.80. The lowest BCUT2D eigenvalue weighted by atomic mass is 10.1. The molecular formula is C24H33N3O6S2. The topological polar surface area (TPSA) is 107 Å². The number of hydrogen-bond donors (Lipinski definition) is 0. The summed E-state index contributed by atoms with van der Waals surface area (Å²) in [4.78, 5) is 4.48. The zero-order chi connectivity index (χ0) is 26.3. The molecule has 35 heavy (non-hydrogen) atoms. The molecular weight excluding hydrogens is 490 g/mol. The Kier molecular flexibility index (Phi) is 7.16. The van der Waals surface area contributed by atoms with Gasteiger partial charge in [0.1, 0.15) is 22.0 Å². The molecule has 1 aromatic carbocycles. The number of nitrogens with zero attached hydrogens (tertiary/aromatic N) is 3. The minimum atomic E-state index is -3.74. The van der Waals surface area contributed by atoms with Gasteiger partial charge >= 0.3 is 0 Å². The van der Waals surface area contributed by atoms with Gasteiger partial charge in [-0.3, -0.25) is 8.71 Å². The highest BCUT2D eigenvalue weighted by Gasteiger charge is 2.34. The summed E-state index contributed by atoms with van der Waals surface area (Å²) in [5.41, 5.74) is 2.83. The van der Waals surface area contributed by atoms with E-state index in [1.54, 1.807) is 56.5 Å². The molecule has 0 bridgehead atoms. The van der Waals surface area contributed by atoms with Gasteiger partial charge in [0.25, 0.3) is 0 Å². The second-order valence-corrected chi connectivity index (χ2v) is 14.1. The van der Waals surface area contributed by atoms with Crippen LogP contribution in [0.15, 0.2) is 35.5 Å². The standard InChI is InChI=1S/C24H33N3O6S2/c1-9-10-34(28,29)26(6)18-11-17(12-20(32-7)16(18)2)19-14-25-23-13-21(33-8)22(15-27(19)23)35(30,31)24(3,4)5/h11-15H,9-10H2,1-8H3. The third kappa shape index (κ3) is 4.71. The van der Waals surface area contributed by atoms with Crippen LogP contribution < -0.4 is 13.8 Å². The molecule has 192 valence electrons. The zero-order valence-corrected chi connectivity index (χ0v) is 23.0. The zero-order valence-electron chi connectivity index (χ0n) is 21.4. The number of benzene rings is 1.